The zero-order valence-corrected chi connectivity index (χ0v) is 29.4. The first-order valence-electron chi connectivity index (χ1n) is 15.1. The second-order valence-corrected chi connectivity index (χ2v) is 19.1. The lowest BCUT2D eigenvalue weighted by Gasteiger charge is -2.38. The smallest absolute Gasteiger partial charge is 0.218 e. The molecular weight excluding hydrogens is 608 g/mol. The third-order valence-corrected chi connectivity index (χ3v) is 15.5. The molecule has 0 aliphatic carbocycles. The SMILES string of the molecule is COCOc1cc(-c2cc3nc(S(C)=O)ncc3c(N(C)CCO)n2)c2c(C#C[Si](C(C)C)(C(C)C)C(C)C)c(F)ccc2c1. The minimum atomic E-state index is -2.19. The topological polar surface area (TPSA) is 97.7 Å². The number of likely N-dealkylation sites (N-methyl/N-ethyl adjacent to an activating group) is 1. The molecular formula is C34H43FN4O4SSi. The maximum atomic E-state index is 16.0. The highest BCUT2D eigenvalue weighted by Crippen LogP contribution is 2.42. The van der Waals surface area contributed by atoms with Crippen LogP contribution < -0.4 is 9.64 Å². The van der Waals surface area contributed by atoms with Crippen LogP contribution in [0, 0.1) is 17.3 Å². The summed E-state index contributed by atoms with van der Waals surface area (Å²) >= 11 is 0. The van der Waals surface area contributed by atoms with Gasteiger partial charge >= 0.3 is 0 Å². The first-order valence-corrected chi connectivity index (χ1v) is 18.9. The summed E-state index contributed by atoms with van der Waals surface area (Å²) in [4.78, 5) is 15.7. The molecule has 4 aromatic rings. The number of rotatable bonds is 11. The van der Waals surface area contributed by atoms with Gasteiger partial charge in [-0.1, -0.05) is 53.5 Å². The molecule has 0 amide bonds. The molecule has 0 saturated heterocycles. The number of ether oxygens (including phenoxy) is 2. The van der Waals surface area contributed by atoms with Gasteiger partial charge in [-0.2, -0.15) is 0 Å². The van der Waals surface area contributed by atoms with Crippen LogP contribution in [0.2, 0.25) is 16.6 Å². The summed E-state index contributed by atoms with van der Waals surface area (Å²) in [5.74, 6) is 4.00. The molecule has 45 heavy (non-hydrogen) atoms. The van der Waals surface area contributed by atoms with Gasteiger partial charge in [0, 0.05) is 44.1 Å². The molecule has 4 rings (SSSR count). The Kier molecular flexibility index (Phi) is 11.0. The molecule has 0 aliphatic heterocycles. The highest BCUT2D eigenvalue weighted by atomic mass is 32.2. The van der Waals surface area contributed by atoms with Crippen molar-refractivity contribution in [1.29, 1.82) is 0 Å². The second-order valence-electron chi connectivity index (χ2n) is 12.2. The Labute approximate surface area is 268 Å². The minimum Gasteiger partial charge on any atom is -0.468 e. The van der Waals surface area contributed by atoms with Crippen molar-refractivity contribution in [1.82, 2.24) is 15.0 Å². The quantitative estimate of drug-likeness (QED) is 0.0829. The van der Waals surface area contributed by atoms with Crippen molar-refractivity contribution >= 4 is 46.4 Å². The van der Waals surface area contributed by atoms with Gasteiger partial charge in [-0.15, -0.1) is 5.54 Å². The van der Waals surface area contributed by atoms with E-state index in [0.29, 0.717) is 67.8 Å². The van der Waals surface area contributed by atoms with Gasteiger partial charge in [-0.3, -0.25) is 4.21 Å². The van der Waals surface area contributed by atoms with Crippen LogP contribution in [0.3, 0.4) is 0 Å². The predicted molar refractivity (Wildman–Crippen MR) is 183 cm³/mol. The van der Waals surface area contributed by atoms with Crippen molar-refractivity contribution in [3.8, 4) is 28.5 Å². The molecule has 11 heteroatoms. The Morgan fingerprint density at radius 2 is 1.76 bits per heavy atom. The Morgan fingerprint density at radius 1 is 1.07 bits per heavy atom. The molecule has 0 bridgehead atoms. The molecule has 1 unspecified atom stereocenters. The van der Waals surface area contributed by atoms with Gasteiger partial charge in [0.2, 0.25) is 5.16 Å². The highest BCUT2D eigenvalue weighted by molar-refractivity contribution is 7.84. The summed E-state index contributed by atoms with van der Waals surface area (Å²) in [7, 11) is -0.246. The van der Waals surface area contributed by atoms with E-state index in [4.69, 9.17) is 14.5 Å². The molecule has 0 saturated carbocycles. The highest BCUT2D eigenvalue weighted by Gasteiger charge is 2.41. The number of nitrogens with zero attached hydrogens (tertiary/aromatic N) is 4. The van der Waals surface area contributed by atoms with E-state index >= 15 is 4.39 Å². The van der Waals surface area contributed by atoms with Crippen LogP contribution >= 0.6 is 0 Å². The maximum absolute atomic E-state index is 16.0. The zero-order chi connectivity index (χ0) is 33.1. The minimum absolute atomic E-state index is 0.0264. The van der Waals surface area contributed by atoms with Crippen molar-refractivity contribution in [2.45, 2.75) is 63.3 Å². The average Bonchev–Trinajstić information content (AvgIpc) is 2.99. The van der Waals surface area contributed by atoms with Crippen LogP contribution in [0.1, 0.15) is 47.1 Å². The summed E-state index contributed by atoms with van der Waals surface area (Å²) in [5, 5.41) is 11.9. The molecule has 1 atom stereocenters. The van der Waals surface area contributed by atoms with E-state index in [-0.39, 0.29) is 18.6 Å². The monoisotopic (exact) mass is 650 g/mol. The van der Waals surface area contributed by atoms with Crippen LogP contribution in [-0.2, 0) is 15.5 Å². The fourth-order valence-corrected chi connectivity index (χ4v) is 12.0. The number of hydrogen-bond acceptors (Lipinski definition) is 8. The molecule has 0 radical (unpaired) electrons. The summed E-state index contributed by atoms with van der Waals surface area (Å²) in [6.45, 7) is 13.6. The number of halogens is 1. The van der Waals surface area contributed by atoms with Gasteiger partial charge in [0.1, 0.15) is 25.5 Å². The van der Waals surface area contributed by atoms with E-state index < -0.39 is 24.7 Å². The van der Waals surface area contributed by atoms with E-state index in [0.717, 1.165) is 5.39 Å². The average molecular weight is 651 g/mol. The first kappa shape index (κ1) is 34.4. The molecule has 0 fully saturated rings. The Bertz CT molecular complexity index is 1770. The van der Waals surface area contributed by atoms with Gasteiger partial charge < -0.3 is 19.5 Å². The number of fused-ring (bicyclic) bond motifs is 2. The molecule has 0 aliphatic rings. The molecule has 240 valence electrons. The number of aromatic nitrogens is 3. The van der Waals surface area contributed by atoms with E-state index in [1.54, 1.807) is 30.3 Å². The number of aliphatic hydroxyl groups is 1. The van der Waals surface area contributed by atoms with Gasteiger partial charge in [0.15, 0.2) is 6.79 Å². The number of benzene rings is 2. The molecule has 2 aromatic carbocycles. The van der Waals surface area contributed by atoms with E-state index in [1.165, 1.54) is 12.3 Å². The fourth-order valence-electron chi connectivity index (χ4n) is 6.37. The van der Waals surface area contributed by atoms with Crippen molar-refractivity contribution in [2.24, 2.45) is 0 Å². The van der Waals surface area contributed by atoms with Gasteiger partial charge in [0.05, 0.1) is 39.6 Å². The van der Waals surface area contributed by atoms with Gasteiger partial charge in [-0.05, 0) is 46.3 Å². The molecule has 0 spiro atoms. The van der Waals surface area contributed by atoms with Crippen LogP contribution in [0.15, 0.2) is 41.7 Å². The number of anilines is 1. The van der Waals surface area contributed by atoms with Gasteiger partial charge in [-0.25, -0.2) is 19.3 Å². The zero-order valence-electron chi connectivity index (χ0n) is 27.6. The molecule has 1 N–H and O–H groups in total. The van der Waals surface area contributed by atoms with Crippen molar-refractivity contribution in [2.75, 3.05) is 45.3 Å². The lowest BCUT2D eigenvalue weighted by molar-refractivity contribution is 0.0512. The third kappa shape index (κ3) is 6.89. The molecule has 2 heterocycles. The van der Waals surface area contributed by atoms with Crippen molar-refractivity contribution in [3.05, 3.63) is 47.9 Å². The van der Waals surface area contributed by atoms with E-state index in [1.807, 2.05) is 19.2 Å². The first-order chi connectivity index (χ1) is 21.3. The van der Waals surface area contributed by atoms with Crippen molar-refractivity contribution in [3.63, 3.8) is 0 Å². The van der Waals surface area contributed by atoms with Gasteiger partial charge in [0.25, 0.3) is 0 Å². The lowest BCUT2D eigenvalue weighted by Crippen LogP contribution is -2.43. The molecule has 8 nitrogen and oxygen atoms in total. The summed E-state index contributed by atoms with van der Waals surface area (Å²) in [6, 6.07) is 8.62. The van der Waals surface area contributed by atoms with Crippen LogP contribution in [0.25, 0.3) is 32.9 Å². The summed E-state index contributed by atoms with van der Waals surface area (Å²) < 4.78 is 39.3. The second kappa shape index (κ2) is 14.3. The van der Waals surface area contributed by atoms with Crippen LogP contribution in [0.5, 0.6) is 5.75 Å². The maximum Gasteiger partial charge on any atom is 0.218 e. The Balaban J connectivity index is 2.14. The van der Waals surface area contributed by atoms with Crippen molar-refractivity contribution < 1.29 is 23.2 Å². The van der Waals surface area contributed by atoms with E-state index in [9.17, 15) is 9.32 Å². The summed E-state index contributed by atoms with van der Waals surface area (Å²) in [6.07, 6.45) is 3.12. The standard InChI is InChI=1S/C34H43FN4O4SSi/c1-21(2)45(22(3)4,23(5)6)15-12-26-29(35)11-10-24-16-25(43-20-42-8)17-27(32(24)26)30-18-31-28(19-36-34(38-31)44(9)41)33(37-30)39(7)13-14-40/h10-11,16-19,21-23,40H,13-14,20H2,1-9H3. The number of pyridine rings is 1. The Morgan fingerprint density at radius 3 is 2.36 bits per heavy atom. The van der Waals surface area contributed by atoms with E-state index in [2.05, 4.69) is 63.0 Å². The Hall–Kier alpha value is -3.43. The predicted octanol–water partition coefficient (Wildman–Crippen LogP) is 6.70. The number of methoxy groups -OCH3 is 1. The normalized spacial score (nSPS) is 12.7. The number of hydrogen-bond donors (Lipinski definition) is 1. The third-order valence-electron chi connectivity index (χ3n) is 8.52. The summed E-state index contributed by atoms with van der Waals surface area (Å²) in [5.41, 5.74) is 6.75. The number of aliphatic hydroxyl groups excluding tert-OH is 1. The van der Waals surface area contributed by atoms with Crippen LogP contribution in [0.4, 0.5) is 10.2 Å². The lowest BCUT2D eigenvalue weighted by atomic mass is 9.96. The largest absolute Gasteiger partial charge is 0.468 e. The molecule has 2 aromatic heterocycles. The fraction of sp³-hybridized carbons (Fsp3) is 0.441. The van der Waals surface area contributed by atoms with Crippen LogP contribution in [-0.4, -0.2) is 72.7 Å².